The number of hydrogen-bond donors (Lipinski definition) is 2. The number of hydrogen-bond acceptors (Lipinski definition) is 6. The van der Waals surface area contributed by atoms with Crippen molar-refractivity contribution in [2.75, 3.05) is 0 Å². The van der Waals surface area contributed by atoms with E-state index in [1.165, 1.54) is 12.1 Å². The van der Waals surface area contributed by atoms with Gasteiger partial charge in [-0.05, 0) is 12.1 Å². The molecule has 8 heteroatoms. The predicted molar refractivity (Wildman–Crippen MR) is 73.3 cm³/mol. The third-order valence-electron chi connectivity index (χ3n) is 2.67. The van der Waals surface area contributed by atoms with E-state index in [0.29, 0.717) is 6.08 Å². The Bertz CT molecular complexity index is 844. The molecule has 2 rings (SSSR count). The van der Waals surface area contributed by atoms with Crippen LogP contribution in [-0.4, -0.2) is 30.4 Å². The van der Waals surface area contributed by atoms with Crippen LogP contribution >= 0.6 is 0 Å². The van der Waals surface area contributed by atoms with Gasteiger partial charge in [-0.3, -0.25) is 4.79 Å². The fourth-order valence-electron chi connectivity index (χ4n) is 1.58. The van der Waals surface area contributed by atoms with Crippen LogP contribution < -0.4 is 0 Å². The van der Waals surface area contributed by atoms with Gasteiger partial charge in [0.2, 0.25) is 21.4 Å². The number of rotatable bonds is 5. The van der Waals surface area contributed by atoms with Crippen molar-refractivity contribution in [2.45, 2.75) is 9.79 Å². The Morgan fingerprint density at radius 2 is 1.68 bits per heavy atom. The Kier molecular flexibility index (Phi) is 4.13. The van der Waals surface area contributed by atoms with E-state index < -0.39 is 33.1 Å². The number of sulfone groups is 1. The van der Waals surface area contributed by atoms with E-state index in [1.54, 1.807) is 18.2 Å². The number of aliphatic hydroxyl groups excluding tert-OH is 1. The molecule has 0 aliphatic heterocycles. The van der Waals surface area contributed by atoms with Gasteiger partial charge in [-0.2, -0.15) is 0 Å². The van der Waals surface area contributed by atoms with Crippen LogP contribution in [-0.2, 0) is 14.6 Å². The van der Waals surface area contributed by atoms with E-state index in [9.17, 15) is 18.0 Å². The molecular weight excluding hydrogens is 312 g/mol. The first-order chi connectivity index (χ1) is 10.3. The van der Waals surface area contributed by atoms with Crippen molar-refractivity contribution in [1.29, 1.82) is 0 Å². The summed E-state index contributed by atoms with van der Waals surface area (Å²) in [4.78, 5) is 21.8. The number of carbonyl (C=O) groups is 2. The van der Waals surface area contributed by atoms with Gasteiger partial charge >= 0.3 is 5.97 Å². The summed E-state index contributed by atoms with van der Waals surface area (Å²) < 4.78 is 29.4. The van der Waals surface area contributed by atoms with Gasteiger partial charge < -0.3 is 14.6 Å². The monoisotopic (exact) mass is 322 g/mol. The smallest absolute Gasteiger partial charge is 0.371 e. The molecule has 0 radical (unpaired) electrons. The fraction of sp³-hybridized carbons (Fsp3) is 0. The SMILES string of the molecule is O=C(O)C(O)=CC(=O)c1cc(S(=O)(=O)c2ccccc2)co1. The lowest BCUT2D eigenvalue weighted by Crippen LogP contribution is -2.03. The topological polar surface area (TPSA) is 122 Å². The zero-order valence-corrected chi connectivity index (χ0v) is 11.8. The summed E-state index contributed by atoms with van der Waals surface area (Å²) in [6, 6.07) is 8.50. The van der Waals surface area contributed by atoms with Gasteiger partial charge in [-0.1, -0.05) is 18.2 Å². The molecule has 0 saturated heterocycles. The molecule has 0 fully saturated rings. The molecule has 0 amide bonds. The second kappa shape index (κ2) is 5.86. The molecule has 2 N–H and O–H groups in total. The van der Waals surface area contributed by atoms with Crippen molar-refractivity contribution in [3.05, 3.63) is 60.3 Å². The van der Waals surface area contributed by atoms with Crippen LogP contribution in [0.5, 0.6) is 0 Å². The second-order valence-electron chi connectivity index (χ2n) is 4.16. The van der Waals surface area contributed by atoms with E-state index in [2.05, 4.69) is 0 Å². The maximum Gasteiger partial charge on any atom is 0.371 e. The minimum atomic E-state index is -3.84. The molecule has 2 aromatic rings. The molecular formula is C14H10O7S. The van der Waals surface area contributed by atoms with Gasteiger partial charge in [0.25, 0.3) is 0 Å². The van der Waals surface area contributed by atoms with E-state index in [-0.39, 0.29) is 9.79 Å². The number of benzene rings is 1. The number of allylic oxidation sites excluding steroid dienone is 1. The Labute approximate surface area is 125 Å². The highest BCUT2D eigenvalue weighted by atomic mass is 32.2. The first-order valence-corrected chi connectivity index (χ1v) is 7.37. The molecule has 7 nitrogen and oxygen atoms in total. The normalized spacial score (nSPS) is 12.1. The number of carboxylic acid groups (broad SMARTS) is 1. The minimum absolute atomic E-state index is 0.0266. The Hall–Kier alpha value is -2.87. The summed E-state index contributed by atoms with van der Waals surface area (Å²) in [5.74, 6) is -4.22. The number of carbonyl (C=O) groups excluding carboxylic acids is 1. The Balaban J connectivity index is 2.35. The fourth-order valence-corrected chi connectivity index (χ4v) is 2.81. The molecule has 0 atom stereocenters. The molecule has 1 aromatic heterocycles. The van der Waals surface area contributed by atoms with Crippen molar-refractivity contribution < 1.29 is 32.6 Å². The first-order valence-electron chi connectivity index (χ1n) is 5.89. The van der Waals surface area contributed by atoms with Crippen molar-refractivity contribution in [2.24, 2.45) is 0 Å². The van der Waals surface area contributed by atoms with Gasteiger partial charge in [0.15, 0.2) is 5.76 Å². The van der Waals surface area contributed by atoms with Crippen LogP contribution in [0.25, 0.3) is 0 Å². The van der Waals surface area contributed by atoms with Gasteiger partial charge in [-0.15, -0.1) is 0 Å². The number of aliphatic hydroxyl groups is 1. The molecule has 0 unspecified atom stereocenters. The molecule has 1 heterocycles. The number of furan rings is 1. The number of carboxylic acids is 1. The zero-order valence-electron chi connectivity index (χ0n) is 11.0. The molecule has 0 spiro atoms. The quantitative estimate of drug-likeness (QED) is 0.489. The third-order valence-corrected chi connectivity index (χ3v) is 4.40. The molecule has 0 saturated carbocycles. The maximum atomic E-state index is 12.3. The highest BCUT2D eigenvalue weighted by Gasteiger charge is 2.22. The lowest BCUT2D eigenvalue weighted by atomic mass is 10.2. The minimum Gasteiger partial charge on any atom is -0.502 e. The van der Waals surface area contributed by atoms with E-state index in [4.69, 9.17) is 14.6 Å². The van der Waals surface area contributed by atoms with E-state index in [0.717, 1.165) is 12.3 Å². The summed E-state index contributed by atoms with van der Waals surface area (Å²) >= 11 is 0. The van der Waals surface area contributed by atoms with Crippen molar-refractivity contribution in [3.8, 4) is 0 Å². The van der Waals surface area contributed by atoms with E-state index >= 15 is 0 Å². The van der Waals surface area contributed by atoms with Gasteiger partial charge in [0.1, 0.15) is 11.2 Å². The maximum absolute atomic E-state index is 12.3. The Morgan fingerprint density at radius 3 is 2.27 bits per heavy atom. The first kappa shape index (κ1) is 15.5. The summed E-state index contributed by atoms with van der Waals surface area (Å²) in [6.07, 6.45) is 1.31. The summed E-state index contributed by atoms with van der Waals surface area (Å²) in [5, 5.41) is 17.4. The number of aliphatic carboxylic acids is 1. The second-order valence-corrected chi connectivity index (χ2v) is 6.11. The van der Waals surface area contributed by atoms with Gasteiger partial charge in [-0.25, -0.2) is 13.2 Å². The van der Waals surface area contributed by atoms with Crippen LogP contribution in [0.2, 0.25) is 0 Å². The average Bonchev–Trinajstić information content (AvgIpc) is 2.98. The van der Waals surface area contributed by atoms with Crippen LogP contribution in [0.4, 0.5) is 0 Å². The Morgan fingerprint density at radius 1 is 1.05 bits per heavy atom. The third kappa shape index (κ3) is 3.07. The lowest BCUT2D eigenvalue weighted by Gasteiger charge is -1.99. The van der Waals surface area contributed by atoms with E-state index in [1.807, 2.05) is 0 Å². The van der Waals surface area contributed by atoms with Crippen LogP contribution in [0.15, 0.2) is 68.7 Å². The van der Waals surface area contributed by atoms with Crippen LogP contribution in [0, 0.1) is 0 Å². The lowest BCUT2D eigenvalue weighted by molar-refractivity contribution is -0.135. The molecule has 0 bridgehead atoms. The molecule has 22 heavy (non-hydrogen) atoms. The average molecular weight is 322 g/mol. The predicted octanol–water partition coefficient (Wildman–Crippen LogP) is 1.82. The number of ketones is 1. The molecule has 0 aliphatic rings. The van der Waals surface area contributed by atoms with Crippen molar-refractivity contribution in [1.82, 2.24) is 0 Å². The molecule has 0 aliphatic carbocycles. The largest absolute Gasteiger partial charge is 0.502 e. The van der Waals surface area contributed by atoms with Crippen molar-refractivity contribution in [3.63, 3.8) is 0 Å². The highest BCUT2D eigenvalue weighted by molar-refractivity contribution is 7.91. The summed E-state index contributed by atoms with van der Waals surface area (Å²) in [5.41, 5.74) is 0. The van der Waals surface area contributed by atoms with Gasteiger partial charge in [0, 0.05) is 12.1 Å². The summed E-state index contributed by atoms with van der Waals surface area (Å²) in [6.45, 7) is 0. The molecule has 114 valence electrons. The van der Waals surface area contributed by atoms with Crippen molar-refractivity contribution >= 4 is 21.6 Å². The molecule has 1 aromatic carbocycles. The standard InChI is InChI=1S/C14H10O7S/c15-11(7-12(16)14(17)18)13-6-10(8-21-13)22(19,20)9-4-2-1-3-5-9/h1-8,16H,(H,17,18). The van der Waals surface area contributed by atoms with Gasteiger partial charge in [0.05, 0.1) is 4.90 Å². The summed E-state index contributed by atoms with van der Waals surface area (Å²) in [7, 11) is -3.84. The zero-order chi connectivity index (χ0) is 16.3. The van der Waals surface area contributed by atoms with Crippen LogP contribution in [0.3, 0.4) is 0 Å². The van der Waals surface area contributed by atoms with Crippen LogP contribution in [0.1, 0.15) is 10.6 Å². The highest BCUT2D eigenvalue weighted by Crippen LogP contribution is 2.23.